The third-order valence-electron chi connectivity index (χ3n) is 7.55. The second kappa shape index (κ2) is 8.65. The minimum absolute atomic E-state index is 0.104. The number of hydrogen-bond donors (Lipinski definition) is 0. The van der Waals surface area contributed by atoms with E-state index in [-0.39, 0.29) is 11.3 Å². The van der Waals surface area contributed by atoms with Gasteiger partial charge >= 0.3 is 0 Å². The molecule has 2 aromatic carbocycles. The van der Waals surface area contributed by atoms with Gasteiger partial charge in [-0.2, -0.15) is 0 Å². The number of hydrogen-bond acceptors (Lipinski definition) is 0. The van der Waals surface area contributed by atoms with Crippen LogP contribution in [0.1, 0.15) is 82.6 Å². The van der Waals surface area contributed by atoms with Crippen LogP contribution < -0.4 is 0 Å². The van der Waals surface area contributed by atoms with Gasteiger partial charge in [0.05, 0.1) is 5.39 Å². The lowest BCUT2D eigenvalue weighted by Gasteiger charge is -2.38. The van der Waals surface area contributed by atoms with Gasteiger partial charge in [-0.05, 0) is 85.3 Å². The topological polar surface area (TPSA) is 0 Å². The smallest absolute Gasteiger partial charge is 0.195 e. The van der Waals surface area contributed by atoms with E-state index in [2.05, 4.69) is 6.92 Å². The maximum atomic E-state index is 14.5. The van der Waals surface area contributed by atoms with E-state index >= 15 is 0 Å². The van der Waals surface area contributed by atoms with E-state index in [0.29, 0.717) is 0 Å². The summed E-state index contributed by atoms with van der Waals surface area (Å²) < 4.78 is 55.6. The zero-order valence-electron chi connectivity index (χ0n) is 17.1. The van der Waals surface area contributed by atoms with Crippen molar-refractivity contribution in [1.29, 1.82) is 0 Å². The first-order chi connectivity index (χ1) is 14.0. The standard InChI is InChI=1S/C25H30F4/c1-2-3-15-4-6-16(7-5-15)17-8-10-18(11-9-17)19-12-20-14-22(27)24(28)25(29)23(20)21(26)13-19/h12-18H,2-11H2,1H3. The van der Waals surface area contributed by atoms with Crippen molar-refractivity contribution in [1.82, 2.24) is 0 Å². The van der Waals surface area contributed by atoms with E-state index < -0.39 is 28.7 Å². The van der Waals surface area contributed by atoms with Crippen molar-refractivity contribution in [2.24, 2.45) is 17.8 Å². The molecule has 2 aliphatic rings. The quantitative estimate of drug-likeness (QED) is 0.354. The van der Waals surface area contributed by atoms with E-state index in [0.717, 1.165) is 55.1 Å². The molecule has 2 fully saturated rings. The fourth-order valence-corrected chi connectivity index (χ4v) is 5.93. The van der Waals surface area contributed by atoms with Crippen LogP contribution in [0.15, 0.2) is 18.2 Å². The Bertz CT molecular complexity index is 859. The Labute approximate surface area is 170 Å². The van der Waals surface area contributed by atoms with Crippen LogP contribution >= 0.6 is 0 Å². The molecule has 4 heteroatoms. The molecule has 0 aromatic heterocycles. The summed E-state index contributed by atoms with van der Waals surface area (Å²) in [6, 6.07) is 3.87. The van der Waals surface area contributed by atoms with Crippen molar-refractivity contribution in [2.45, 2.75) is 77.0 Å². The molecule has 0 N–H and O–H groups in total. The minimum atomic E-state index is -1.61. The lowest BCUT2D eigenvalue weighted by Crippen LogP contribution is -2.25. The Morgan fingerprint density at radius 2 is 1.34 bits per heavy atom. The molecule has 0 saturated heterocycles. The summed E-state index contributed by atoms with van der Waals surface area (Å²) in [5.41, 5.74) is 0.783. The third-order valence-corrected chi connectivity index (χ3v) is 7.55. The van der Waals surface area contributed by atoms with Gasteiger partial charge in [-0.25, -0.2) is 17.6 Å². The fourth-order valence-electron chi connectivity index (χ4n) is 5.93. The Hall–Kier alpha value is -1.58. The number of benzene rings is 2. The third kappa shape index (κ3) is 4.18. The van der Waals surface area contributed by atoms with E-state index in [1.165, 1.54) is 44.6 Å². The average molecular weight is 407 g/mol. The lowest BCUT2D eigenvalue weighted by atomic mass is 9.68. The molecule has 0 nitrogen and oxygen atoms in total. The summed E-state index contributed by atoms with van der Waals surface area (Å²) in [5.74, 6) is -2.42. The zero-order valence-corrected chi connectivity index (χ0v) is 17.1. The van der Waals surface area contributed by atoms with Crippen molar-refractivity contribution < 1.29 is 17.6 Å². The second-order valence-electron chi connectivity index (χ2n) is 9.27. The van der Waals surface area contributed by atoms with Gasteiger partial charge in [-0.15, -0.1) is 0 Å². The van der Waals surface area contributed by atoms with Crippen molar-refractivity contribution in [3.63, 3.8) is 0 Å². The van der Waals surface area contributed by atoms with E-state index in [1.54, 1.807) is 6.07 Å². The van der Waals surface area contributed by atoms with Gasteiger partial charge in [-0.3, -0.25) is 0 Å². The van der Waals surface area contributed by atoms with Crippen molar-refractivity contribution in [2.75, 3.05) is 0 Å². The molecule has 2 aromatic rings. The molecule has 0 spiro atoms. The van der Waals surface area contributed by atoms with Crippen molar-refractivity contribution in [3.05, 3.63) is 47.0 Å². The highest BCUT2D eigenvalue weighted by molar-refractivity contribution is 5.84. The molecular weight excluding hydrogens is 376 g/mol. The highest BCUT2D eigenvalue weighted by Gasteiger charge is 2.31. The van der Waals surface area contributed by atoms with Gasteiger partial charge < -0.3 is 0 Å². The number of halogens is 4. The first kappa shape index (κ1) is 20.7. The van der Waals surface area contributed by atoms with E-state index in [4.69, 9.17) is 0 Å². The maximum absolute atomic E-state index is 14.5. The van der Waals surface area contributed by atoms with Gasteiger partial charge in [0.25, 0.3) is 0 Å². The Balaban J connectivity index is 1.44. The first-order valence-electron chi connectivity index (χ1n) is 11.2. The fraction of sp³-hybridized carbons (Fsp3) is 0.600. The number of rotatable bonds is 4. The van der Waals surface area contributed by atoms with Crippen LogP contribution in [0.3, 0.4) is 0 Å². The lowest BCUT2D eigenvalue weighted by molar-refractivity contribution is 0.156. The minimum Gasteiger partial charge on any atom is -0.206 e. The summed E-state index contributed by atoms with van der Waals surface area (Å²) in [5, 5.41) is -0.349. The molecule has 0 atom stereocenters. The second-order valence-corrected chi connectivity index (χ2v) is 9.27. The summed E-state index contributed by atoms with van der Waals surface area (Å²) >= 11 is 0. The molecule has 2 saturated carbocycles. The molecule has 29 heavy (non-hydrogen) atoms. The van der Waals surface area contributed by atoms with Crippen LogP contribution in [0.2, 0.25) is 0 Å². The van der Waals surface area contributed by atoms with Crippen LogP contribution in [0, 0.1) is 41.0 Å². The van der Waals surface area contributed by atoms with Gasteiger partial charge in [-0.1, -0.05) is 38.7 Å². The summed E-state index contributed by atoms with van der Waals surface area (Å²) in [6.45, 7) is 2.27. The molecule has 0 heterocycles. The highest BCUT2D eigenvalue weighted by Crippen LogP contribution is 2.45. The summed E-state index contributed by atoms with van der Waals surface area (Å²) in [4.78, 5) is 0. The molecule has 0 radical (unpaired) electrons. The van der Waals surface area contributed by atoms with E-state index in [9.17, 15) is 17.6 Å². The monoisotopic (exact) mass is 406 g/mol. The molecular formula is C25H30F4. The Morgan fingerprint density at radius 3 is 1.97 bits per heavy atom. The van der Waals surface area contributed by atoms with Gasteiger partial charge in [0.1, 0.15) is 5.82 Å². The van der Waals surface area contributed by atoms with E-state index in [1.807, 2.05) is 0 Å². The molecule has 0 aliphatic heterocycles. The summed E-state index contributed by atoms with van der Waals surface area (Å²) in [6.07, 6.45) is 12.3. The van der Waals surface area contributed by atoms with Crippen molar-refractivity contribution >= 4 is 10.8 Å². The average Bonchev–Trinajstić information content (AvgIpc) is 2.72. The summed E-state index contributed by atoms with van der Waals surface area (Å²) in [7, 11) is 0. The van der Waals surface area contributed by atoms with Crippen LogP contribution in [-0.2, 0) is 0 Å². The van der Waals surface area contributed by atoms with Gasteiger partial charge in [0.15, 0.2) is 17.5 Å². The van der Waals surface area contributed by atoms with Gasteiger partial charge in [0.2, 0.25) is 0 Å². The Morgan fingerprint density at radius 1 is 0.724 bits per heavy atom. The van der Waals surface area contributed by atoms with Crippen LogP contribution in [0.5, 0.6) is 0 Å². The predicted octanol–water partition coefficient (Wildman–Crippen LogP) is 8.28. The molecule has 0 amide bonds. The van der Waals surface area contributed by atoms with Crippen LogP contribution in [0.4, 0.5) is 17.6 Å². The predicted molar refractivity (Wildman–Crippen MR) is 109 cm³/mol. The number of fused-ring (bicyclic) bond motifs is 1. The largest absolute Gasteiger partial charge is 0.206 e. The van der Waals surface area contributed by atoms with Crippen LogP contribution in [-0.4, -0.2) is 0 Å². The molecule has 0 bridgehead atoms. The van der Waals surface area contributed by atoms with Gasteiger partial charge in [0, 0.05) is 0 Å². The molecule has 158 valence electrons. The maximum Gasteiger partial charge on any atom is 0.195 e. The van der Waals surface area contributed by atoms with Crippen molar-refractivity contribution in [3.8, 4) is 0 Å². The zero-order chi connectivity index (χ0) is 20.5. The van der Waals surface area contributed by atoms with Crippen LogP contribution in [0.25, 0.3) is 10.8 Å². The Kier molecular flexibility index (Phi) is 6.17. The SMILES string of the molecule is CCCC1CCC(C2CCC(c3cc(F)c4c(F)c(F)c(F)cc4c3)CC2)CC1. The highest BCUT2D eigenvalue weighted by atomic mass is 19.2. The normalized spacial score (nSPS) is 28.0. The molecule has 2 aliphatic carbocycles. The molecule has 4 rings (SSSR count). The first-order valence-corrected chi connectivity index (χ1v) is 11.2. The molecule has 0 unspecified atom stereocenters.